The molecule has 1 fully saturated rings. The predicted molar refractivity (Wildman–Crippen MR) is 122 cm³/mol. The number of nitrogens with one attached hydrogen (secondary N) is 1. The van der Waals surface area contributed by atoms with Gasteiger partial charge in [0.1, 0.15) is 5.82 Å². The lowest BCUT2D eigenvalue weighted by Crippen LogP contribution is -2.15. The molecule has 2 heterocycles. The second-order valence-electron chi connectivity index (χ2n) is 8.67. The minimum absolute atomic E-state index is 0.0327. The first kappa shape index (κ1) is 21.0. The largest absolute Gasteiger partial charge is 0.322 e. The lowest BCUT2D eigenvalue weighted by molar-refractivity contribution is 0.102. The molecule has 8 nitrogen and oxygen atoms in total. The smallest absolute Gasteiger partial charge is 0.258 e. The third-order valence-electron chi connectivity index (χ3n) is 5.77. The third kappa shape index (κ3) is 4.13. The van der Waals surface area contributed by atoms with Gasteiger partial charge < -0.3 is 9.88 Å². The molecule has 1 saturated carbocycles. The van der Waals surface area contributed by atoms with Gasteiger partial charge in [0.2, 0.25) is 0 Å². The maximum absolute atomic E-state index is 14.8. The SMILES string of the molecule is Cc1cc(F)c(C(=O)Nc2cccc(-c3nnnn3C(C)C)c2)cc1-n1cnc(C2CC2)c1. The lowest BCUT2D eigenvalue weighted by Gasteiger charge is -2.12. The first-order valence-electron chi connectivity index (χ1n) is 10.9. The molecule has 0 unspecified atom stereocenters. The highest BCUT2D eigenvalue weighted by atomic mass is 19.1. The quantitative estimate of drug-likeness (QED) is 0.465. The molecular formula is C24H24FN7O. The maximum atomic E-state index is 14.8. The van der Waals surface area contributed by atoms with Crippen LogP contribution in [0.25, 0.3) is 17.1 Å². The number of carbonyl (C=O) groups excluding carboxylic acids is 1. The van der Waals surface area contributed by atoms with Crippen molar-refractivity contribution in [3.8, 4) is 17.1 Å². The molecule has 1 aliphatic rings. The van der Waals surface area contributed by atoms with Gasteiger partial charge >= 0.3 is 0 Å². The van der Waals surface area contributed by atoms with Crippen LogP contribution >= 0.6 is 0 Å². The van der Waals surface area contributed by atoms with E-state index in [1.54, 1.807) is 35.3 Å². The molecule has 0 radical (unpaired) electrons. The molecule has 5 rings (SSSR count). The van der Waals surface area contributed by atoms with Crippen molar-refractivity contribution in [2.24, 2.45) is 0 Å². The topological polar surface area (TPSA) is 90.5 Å². The number of amides is 1. The van der Waals surface area contributed by atoms with Crippen molar-refractivity contribution < 1.29 is 9.18 Å². The molecule has 2 aromatic carbocycles. The van der Waals surface area contributed by atoms with Gasteiger partial charge in [0.05, 0.1) is 29.3 Å². The zero-order valence-electron chi connectivity index (χ0n) is 18.7. The van der Waals surface area contributed by atoms with Crippen molar-refractivity contribution in [2.45, 2.75) is 45.6 Å². The summed E-state index contributed by atoms with van der Waals surface area (Å²) in [4.78, 5) is 17.5. The number of nitrogens with zero attached hydrogens (tertiary/aromatic N) is 6. The third-order valence-corrected chi connectivity index (χ3v) is 5.77. The number of aromatic nitrogens is 6. The average molecular weight is 446 g/mol. The molecule has 0 bridgehead atoms. The van der Waals surface area contributed by atoms with E-state index in [0.29, 0.717) is 17.4 Å². The number of rotatable bonds is 6. The lowest BCUT2D eigenvalue weighted by atomic mass is 10.1. The van der Waals surface area contributed by atoms with E-state index in [-0.39, 0.29) is 11.6 Å². The summed E-state index contributed by atoms with van der Waals surface area (Å²) in [5.74, 6) is 0.00304. The van der Waals surface area contributed by atoms with Crippen LogP contribution in [0.1, 0.15) is 60.3 Å². The van der Waals surface area contributed by atoms with E-state index in [2.05, 4.69) is 25.8 Å². The van der Waals surface area contributed by atoms with E-state index in [9.17, 15) is 9.18 Å². The first-order valence-corrected chi connectivity index (χ1v) is 10.9. The molecule has 0 saturated heterocycles. The fourth-order valence-electron chi connectivity index (χ4n) is 3.84. The van der Waals surface area contributed by atoms with Crippen LogP contribution in [0.15, 0.2) is 48.9 Å². The fourth-order valence-corrected chi connectivity index (χ4v) is 3.84. The number of aryl methyl sites for hydroxylation is 1. The summed E-state index contributed by atoms with van der Waals surface area (Å²) in [5.41, 5.74) is 3.73. The second-order valence-corrected chi connectivity index (χ2v) is 8.67. The van der Waals surface area contributed by atoms with Crippen molar-refractivity contribution in [2.75, 3.05) is 5.32 Å². The Bertz CT molecular complexity index is 1340. The van der Waals surface area contributed by atoms with Gasteiger partial charge in [-0.2, -0.15) is 0 Å². The summed E-state index contributed by atoms with van der Waals surface area (Å²) < 4.78 is 18.3. The maximum Gasteiger partial charge on any atom is 0.258 e. The monoisotopic (exact) mass is 445 g/mol. The number of imidazole rings is 1. The summed E-state index contributed by atoms with van der Waals surface area (Å²) in [5, 5.41) is 14.7. The van der Waals surface area contributed by atoms with Crippen LogP contribution in [0.5, 0.6) is 0 Å². The van der Waals surface area contributed by atoms with E-state index < -0.39 is 11.7 Å². The Balaban J connectivity index is 1.42. The van der Waals surface area contributed by atoms with E-state index in [0.717, 1.165) is 35.3 Å². The van der Waals surface area contributed by atoms with Crippen LogP contribution in [0, 0.1) is 12.7 Å². The van der Waals surface area contributed by atoms with Gasteiger partial charge in [-0.15, -0.1) is 5.10 Å². The van der Waals surface area contributed by atoms with Crippen LogP contribution in [0.4, 0.5) is 10.1 Å². The molecule has 9 heteroatoms. The Morgan fingerprint density at radius 2 is 2.03 bits per heavy atom. The van der Waals surface area contributed by atoms with Crippen LogP contribution in [0.3, 0.4) is 0 Å². The highest BCUT2D eigenvalue weighted by Crippen LogP contribution is 2.39. The van der Waals surface area contributed by atoms with E-state index >= 15 is 0 Å². The van der Waals surface area contributed by atoms with Crippen LogP contribution in [-0.2, 0) is 0 Å². The molecule has 1 amide bonds. The van der Waals surface area contributed by atoms with Crippen molar-refractivity contribution >= 4 is 11.6 Å². The van der Waals surface area contributed by atoms with Crippen molar-refractivity contribution in [1.82, 2.24) is 29.8 Å². The summed E-state index contributed by atoms with van der Waals surface area (Å²) >= 11 is 0. The van der Waals surface area contributed by atoms with Gasteiger partial charge in [0.25, 0.3) is 5.91 Å². The number of carbonyl (C=O) groups is 1. The predicted octanol–water partition coefficient (Wildman–Crippen LogP) is 4.68. The average Bonchev–Trinajstić information content (AvgIpc) is 3.31. The first-order chi connectivity index (χ1) is 15.9. The molecule has 1 N–H and O–H groups in total. The molecular weight excluding hydrogens is 421 g/mol. The molecule has 1 aliphatic carbocycles. The summed E-state index contributed by atoms with van der Waals surface area (Å²) in [7, 11) is 0. The van der Waals surface area contributed by atoms with Gasteiger partial charge in [-0.05, 0) is 73.9 Å². The Kier molecular flexibility index (Phi) is 5.24. The van der Waals surface area contributed by atoms with E-state index in [4.69, 9.17) is 0 Å². The van der Waals surface area contributed by atoms with Gasteiger partial charge in [0.15, 0.2) is 5.82 Å². The fraction of sp³-hybridized carbons (Fsp3) is 0.292. The molecule has 2 aromatic heterocycles. The van der Waals surface area contributed by atoms with Crippen LogP contribution in [0.2, 0.25) is 0 Å². The molecule has 0 atom stereocenters. The van der Waals surface area contributed by atoms with Crippen LogP contribution in [-0.4, -0.2) is 35.7 Å². The highest BCUT2D eigenvalue weighted by molar-refractivity contribution is 6.05. The normalized spacial score (nSPS) is 13.5. The van der Waals surface area contributed by atoms with Crippen LogP contribution < -0.4 is 5.32 Å². The van der Waals surface area contributed by atoms with Crippen molar-refractivity contribution in [3.63, 3.8) is 0 Å². The minimum Gasteiger partial charge on any atom is -0.322 e. The Morgan fingerprint density at radius 1 is 1.21 bits per heavy atom. The molecule has 168 valence electrons. The Hall–Kier alpha value is -3.88. The summed E-state index contributed by atoms with van der Waals surface area (Å²) in [6.07, 6.45) is 5.98. The Labute approximate surface area is 190 Å². The number of hydrogen-bond donors (Lipinski definition) is 1. The van der Waals surface area contributed by atoms with Gasteiger partial charge in [-0.1, -0.05) is 12.1 Å². The summed E-state index contributed by atoms with van der Waals surface area (Å²) in [6, 6.07) is 10.2. The van der Waals surface area contributed by atoms with Gasteiger partial charge in [0, 0.05) is 23.4 Å². The number of anilines is 1. The summed E-state index contributed by atoms with van der Waals surface area (Å²) in [6.45, 7) is 5.79. The van der Waals surface area contributed by atoms with E-state index in [1.807, 2.05) is 37.6 Å². The van der Waals surface area contributed by atoms with E-state index in [1.165, 1.54) is 6.07 Å². The van der Waals surface area contributed by atoms with Crippen molar-refractivity contribution in [3.05, 3.63) is 71.6 Å². The number of halogens is 1. The molecule has 0 spiro atoms. The minimum atomic E-state index is -0.573. The highest BCUT2D eigenvalue weighted by Gasteiger charge is 2.26. The van der Waals surface area contributed by atoms with Gasteiger partial charge in [-0.3, -0.25) is 4.79 Å². The van der Waals surface area contributed by atoms with Gasteiger partial charge in [-0.25, -0.2) is 14.1 Å². The van der Waals surface area contributed by atoms with Crippen molar-refractivity contribution in [1.29, 1.82) is 0 Å². The molecule has 4 aromatic rings. The number of hydrogen-bond acceptors (Lipinski definition) is 5. The molecule has 0 aliphatic heterocycles. The molecule has 33 heavy (non-hydrogen) atoms. The zero-order chi connectivity index (χ0) is 23.1. The zero-order valence-corrected chi connectivity index (χ0v) is 18.7. The number of tetrazole rings is 1. The standard InChI is InChI=1S/C24H24FN7O/c1-14(2)32-23(28-29-30-32)17-5-4-6-18(10-17)27-24(33)19-11-22(15(3)9-20(19)25)31-12-21(26-13-31)16-7-8-16/h4-6,9-14,16H,7-8H2,1-3H3,(H,27,33). The second kappa shape index (κ2) is 8.23. The number of benzene rings is 2. The Morgan fingerprint density at radius 3 is 2.79 bits per heavy atom.